The molecule has 3 nitrogen and oxygen atoms in total. The smallest absolute Gasteiger partial charge is 0.193 e. The van der Waals surface area contributed by atoms with E-state index in [1.54, 1.807) is 18.2 Å². The number of aromatic hydroxyl groups is 1. The van der Waals surface area contributed by atoms with Crippen LogP contribution in [0.2, 0.25) is 0 Å². The van der Waals surface area contributed by atoms with Crippen LogP contribution in [-0.2, 0) is 0 Å². The van der Waals surface area contributed by atoms with Crippen LogP contribution in [-0.4, -0.2) is 5.11 Å². The number of hydrogen-bond donors (Lipinski definition) is 1. The quantitative estimate of drug-likeness (QED) is 0.834. The Morgan fingerprint density at radius 2 is 1.89 bits per heavy atom. The van der Waals surface area contributed by atoms with Crippen molar-refractivity contribution in [3.63, 3.8) is 0 Å². The van der Waals surface area contributed by atoms with Crippen molar-refractivity contribution in [1.29, 1.82) is 0 Å². The normalized spacial score (nSPS) is 17.1. The lowest BCUT2D eigenvalue weighted by atomic mass is 9.87. The minimum atomic E-state index is -0.0623. The van der Waals surface area contributed by atoms with Gasteiger partial charge in [0.15, 0.2) is 5.43 Å². The highest BCUT2D eigenvalue weighted by molar-refractivity contribution is 5.78. The highest BCUT2D eigenvalue weighted by Gasteiger charge is 2.19. The van der Waals surface area contributed by atoms with Crippen molar-refractivity contribution in [3.8, 4) is 5.75 Å². The van der Waals surface area contributed by atoms with Crippen LogP contribution < -0.4 is 5.43 Å². The Hall–Kier alpha value is -1.77. The largest absolute Gasteiger partial charge is 0.508 e. The summed E-state index contributed by atoms with van der Waals surface area (Å²) in [6.45, 7) is 0. The van der Waals surface area contributed by atoms with Gasteiger partial charge in [-0.15, -0.1) is 0 Å². The van der Waals surface area contributed by atoms with Crippen molar-refractivity contribution < 1.29 is 9.52 Å². The first-order valence-corrected chi connectivity index (χ1v) is 6.51. The average molecular weight is 244 g/mol. The number of phenols is 1. The Morgan fingerprint density at radius 3 is 2.67 bits per heavy atom. The van der Waals surface area contributed by atoms with E-state index in [-0.39, 0.29) is 11.2 Å². The molecular weight excluding hydrogens is 228 g/mol. The zero-order valence-electron chi connectivity index (χ0n) is 10.2. The fraction of sp³-hybridized carbons (Fsp3) is 0.400. The molecule has 3 rings (SSSR count). The van der Waals surface area contributed by atoms with E-state index in [9.17, 15) is 9.90 Å². The summed E-state index contributed by atoms with van der Waals surface area (Å²) in [5.74, 6) is 1.28. The Balaban J connectivity index is 2.09. The molecule has 1 aromatic heterocycles. The SMILES string of the molecule is O=c1cc(C2CCCCC2)oc2ccc(O)cc12. The fourth-order valence-electron chi connectivity index (χ4n) is 2.75. The zero-order valence-corrected chi connectivity index (χ0v) is 10.2. The Bertz CT molecular complexity index is 621. The van der Waals surface area contributed by atoms with Gasteiger partial charge in [0.25, 0.3) is 0 Å². The molecule has 0 unspecified atom stereocenters. The van der Waals surface area contributed by atoms with Crippen LogP contribution in [0.5, 0.6) is 5.75 Å². The second-order valence-corrected chi connectivity index (χ2v) is 5.03. The molecule has 1 aliphatic carbocycles. The summed E-state index contributed by atoms with van der Waals surface area (Å²) in [5, 5.41) is 9.85. The average Bonchev–Trinajstić information content (AvgIpc) is 2.40. The molecule has 0 aliphatic heterocycles. The standard InChI is InChI=1S/C15H16O3/c16-11-6-7-14-12(8-11)13(17)9-15(18-14)10-4-2-1-3-5-10/h6-10,16H,1-5H2. The maximum absolute atomic E-state index is 12.0. The summed E-state index contributed by atoms with van der Waals surface area (Å²) < 4.78 is 5.83. The molecule has 0 bridgehead atoms. The third-order valence-corrected chi connectivity index (χ3v) is 3.74. The van der Waals surface area contributed by atoms with Crippen LogP contribution in [0.15, 0.2) is 33.5 Å². The van der Waals surface area contributed by atoms with E-state index in [1.165, 1.54) is 25.3 Å². The van der Waals surface area contributed by atoms with Crippen molar-refractivity contribution in [3.05, 3.63) is 40.2 Å². The highest BCUT2D eigenvalue weighted by Crippen LogP contribution is 2.33. The van der Waals surface area contributed by atoms with Crippen LogP contribution in [0.3, 0.4) is 0 Å². The Kier molecular flexibility index (Phi) is 2.82. The number of hydrogen-bond acceptors (Lipinski definition) is 3. The number of fused-ring (bicyclic) bond motifs is 1. The van der Waals surface area contributed by atoms with Crippen LogP contribution in [0, 0.1) is 0 Å². The molecule has 1 heterocycles. The van der Waals surface area contributed by atoms with E-state index >= 15 is 0 Å². The van der Waals surface area contributed by atoms with Gasteiger partial charge in [-0.2, -0.15) is 0 Å². The first-order chi connectivity index (χ1) is 8.74. The van der Waals surface area contributed by atoms with E-state index < -0.39 is 0 Å². The molecule has 0 atom stereocenters. The predicted molar refractivity (Wildman–Crippen MR) is 70.0 cm³/mol. The van der Waals surface area contributed by atoms with E-state index in [0.717, 1.165) is 18.6 Å². The van der Waals surface area contributed by atoms with E-state index in [1.807, 2.05) is 0 Å². The fourth-order valence-corrected chi connectivity index (χ4v) is 2.75. The second kappa shape index (κ2) is 4.48. The third-order valence-electron chi connectivity index (χ3n) is 3.74. The topological polar surface area (TPSA) is 50.4 Å². The minimum absolute atomic E-state index is 0.0623. The molecule has 1 N–H and O–H groups in total. The lowest BCUT2D eigenvalue weighted by molar-refractivity contribution is 0.380. The molecule has 18 heavy (non-hydrogen) atoms. The summed E-state index contributed by atoms with van der Waals surface area (Å²) >= 11 is 0. The van der Waals surface area contributed by atoms with Gasteiger partial charge in [0.2, 0.25) is 0 Å². The summed E-state index contributed by atoms with van der Waals surface area (Å²) in [6, 6.07) is 6.28. The maximum Gasteiger partial charge on any atom is 0.193 e. The molecule has 3 heteroatoms. The van der Waals surface area contributed by atoms with Gasteiger partial charge in [-0.05, 0) is 31.0 Å². The van der Waals surface area contributed by atoms with Gasteiger partial charge >= 0.3 is 0 Å². The molecular formula is C15H16O3. The van der Waals surface area contributed by atoms with Crippen LogP contribution >= 0.6 is 0 Å². The predicted octanol–water partition coefficient (Wildman–Crippen LogP) is 3.55. The molecule has 94 valence electrons. The van der Waals surface area contributed by atoms with Crippen LogP contribution in [0.25, 0.3) is 11.0 Å². The van der Waals surface area contributed by atoms with Crippen molar-refractivity contribution in [2.75, 3.05) is 0 Å². The summed E-state index contributed by atoms with van der Waals surface area (Å²) in [7, 11) is 0. The molecule has 0 radical (unpaired) electrons. The van der Waals surface area contributed by atoms with E-state index in [0.29, 0.717) is 16.9 Å². The first kappa shape index (κ1) is 11.3. The van der Waals surface area contributed by atoms with Gasteiger partial charge in [0.1, 0.15) is 17.1 Å². The molecule has 1 saturated carbocycles. The van der Waals surface area contributed by atoms with Crippen molar-refractivity contribution >= 4 is 11.0 Å². The Labute approximate surface area is 105 Å². The number of benzene rings is 1. The van der Waals surface area contributed by atoms with Crippen molar-refractivity contribution in [2.24, 2.45) is 0 Å². The van der Waals surface area contributed by atoms with Gasteiger partial charge in [-0.25, -0.2) is 0 Å². The second-order valence-electron chi connectivity index (χ2n) is 5.03. The van der Waals surface area contributed by atoms with Gasteiger partial charge in [-0.3, -0.25) is 4.79 Å². The molecule has 1 aliphatic rings. The minimum Gasteiger partial charge on any atom is -0.508 e. The maximum atomic E-state index is 12.0. The van der Waals surface area contributed by atoms with Gasteiger partial charge in [-0.1, -0.05) is 19.3 Å². The molecule has 2 aromatic rings. The first-order valence-electron chi connectivity index (χ1n) is 6.51. The van der Waals surface area contributed by atoms with E-state index in [2.05, 4.69) is 0 Å². The zero-order chi connectivity index (χ0) is 12.5. The van der Waals surface area contributed by atoms with E-state index in [4.69, 9.17) is 4.42 Å². The summed E-state index contributed by atoms with van der Waals surface area (Å²) in [5.41, 5.74) is 0.508. The molecule has 0 saturated heterocycles. The summed E-state index contributed by atoms with van der Waals surface area (Å²) in [4.78, 5) is 12.0. The van der Waals surface area contributed by atoms with Gasteiger partial charge in [0.05, 0.1) is 5.39 Å². The molecule has 1 fully saturated rings. The number of rotatable bonds is 1. The van der Waals surface area contributed by atoms with Crippen molar-refractivity contribution in [2.45, 2.75) is 38.0 Å². The molecule has 0 spiro atoms. The lowest BCUT2D eigenvalue weighted by Crippen LogP contribution is -2.09. The van der Waals surface area contributed by atoms with Gasteiger partial charge < -0.3 is 9.52 Å². The Morgan fingerprint density at radius 1 is 1.11 bits per heavy atom. The van der Waals surface area contributed by atoms with Crippen LogP contribution in [0.4, 0.5) is 0 Å². The number of phenolic OH excluding ortho intramolecular Hbond substituents is 1. The highest BCUT2D eigenvalue weighted by atomic mass is 16.3. The molecule has 1 aromatic carbocycles. The lowest BCUT2D eigenvalue weighted by Gasteiger charge is -2.20. The third kappa shape index (κ3) is 2.01. The summed E-state index contributed by atoms with van der Waals surface area (Å²) in [6.07, 6.45) is 5.91. The monoisotopic (exact) mass is 244 g/mol. The van der Waals surface area contributed by atoms with Gasteiger partial charge in [0, 0.05) is 12.0 Å². The molecule has 0 amide bonds. The van der Waals surface area contributed by atoms with Crippen molar-refractivity contribution in [1.82, 2.24) is 0 Å². The van der Waals surface area contributed by atoms with Crippen LogP contribution in [0.1, 0.15) is 43.8 Å².